The highest BCUT2D eigenvalue weighted by atomic mass is 16.6. The highest BCUT2D eigenvalue weighted by molar-refractivity contribution is 5.95. The Balaban J connectivity index is 1.74. The zero-order valence-corrected chi connectivity index (χ0v) is 13.9. The van der Waals surface area contributed by atoms with Crippen LogP contribution in [-0.4, -0.2) is 26.2 Å². The van der Waals surface area contributed by atoms with Gasteiger partial charge in [0.15, 0.2) is 11.5 Å². The summed E-state index contributed by atoms with van der Waals surface area (Å²) in [4.78, 5) is 12.6. The molecule has 5 nitrogen and oxygen atoms in total. The number of amides is 1. The fourth-order valence-corrected chi connectivity index (χ4v) is 2.68. The van der Waals surface area contributed by atoms with E-state index in [0.29, 0.717) is 30.3 Å². The summed E-state index contributed by atoms with van der Waals surface area (Å²) in [5, 5.41) is 3.07. The van der Waals surface area contributed by atoms with E-state index in [9.17, 15) is 4.79 Å². The van der Waals surface area contributed by atoms with Crippen molar-refractivity contribution in [2.45, 2.75) is 19.4 Å². The summed E-state index contributed by atoms with van der Waals surface area (Å²) in [5.74, 6) is 1.97. The van der Waals surface area contributed by atoms with Crippen LogP contribution in [0.4, 0.5) is 0 Å². The van der Waals surface area contributed by atoms with Crippen LogP contribution >= 0.6 is 0 Å². The number of nitrogens with one attached hydrogen (secondary N) is 1. The zero-order chi connectivity index (χ0) is 16.9. The second-order valence-electron chi connectivity index (χ2n) is 5.57. The Bertz CT molecular complexity index is 712. The number of methoxy groups -OCH3 is 1. The number of carbonyl (C=O) groups is 1. The highest BCUT2D eigenvalue weighted by Crippen LogP contribution is 2.31. The van der Waals surface area contributed by atoms with Gasteiger partial charge in [0, 0.05) is 5.56 Å². The topological polar surface area (TPSA) is 56.8 Å². The average Bonchev–Trinajstić information content (AvgIpc) is 2.65. The number of ether oxygens (including phenoxy) is 3. The fraction of sp³-hybridized carbons (Fsp3) is 0.316. The van der Waals surface area contributed by atoms with Crippen molar-refractivity contribution in [3.63, 3.8) is 0 Å². The minimum atomic E-state index is -0.130. The Hall–Kier alpha value is -2.69. The van der Waals surface area contributed by atoms with Gasteiger partial charge in [-0.15, -0.1) is 0 Å². The van der Waals surface area contributed by atoms with Crippen molar-refractivity contribution in [3.05, 3.63) is 53.6 Å². The summed E-state index contributed by atoms with van der Waals surface area (Å²) in [6.07, 6.45) is 0.794. The van der Waals surface area contributed by atoms with Crippen LogP contribution in [0.5, 0.6) is 17.2 Å². The lowest BCUT2D eigenvalue weighted by Gasteiger charge is -2.20. The molecule has 0 aliphatic carbocycles. The van der Waals surface area contributed by atoms with Gasteiger partial charge in [-0.25, -0.2) is 0 Å². The number of fused-ring (bicyclic) bond motifs is 1. The molecule has 0 saturated heterocycles. The van der Waals surface area contributed by atoms with E-state index in [4.69, 9.17) is 14.2 Å². The second-order valence-corrected chi connectivity index (χ2v) is 5.57. The molecule has 0 radical (unpaired) electrons. The van der Waals surface area contributed by atoms with Crippen LogP contribution in [0.3, 0.4) is 0 Å². The number of carbonyl (C=O) groups excluding carboxylic acids is 1. The van der Waals surface area contributed by atoms with Gasteiger partial charge in [0.2, 0.25) is 0 Å². The number of hydrogen-bond acceptors (Lipinski definition) is 4. The van der Waals surface area contributed by atoms with Gasteiger partial charge in [-0.3, -0.25) is 4.79 Å². The van der Waals surface area contributed by atoms with Crippen molar-refractivity contribution in [3.8, 4) is 17.2 Å². The zero-order valence-electron chi connectivity index (χ0n) is 13.9. The summed E-state index contributed by atoms with van der Waals surface area (Å²) in [7, 11) is 1.63. The minimum Gasteiger partial charge on any atom is -0.497 e. The van der Waals surface area contributed by atoms with Gasteiger partial charge in [0.05, 0.1) is 13.2 Å². The third kappa shape index (κ3) is 3.45. The minimum absolute atomic E-state index is 0.0587. The molecule has 1 atom stereocenters. The predicted octanol–water partition coefficient (Wildman–Crippen LogP) is 3.35. The predicted molar refractivity (Wildman–Crippen MR) is 90.9 cm³/mol. The number of hydrogen-bond donors (Lipinski definition) is 1. The van der Waals surface area contributed by atoms with Gasteiger partial charge < -0.3 is 19.5 Å². The molecule has 0 saturated carbocycles. The first kappa shape index (κ1) is 16.2. The average molecular weight is 327 g/mol. The number of benzene rings is 2. The van der Waals surface area contributed by atoms with Gasteiger partial charge in [0.1, 0.15) is 19.0 Å². The first-order valence-corrected chi connectivity index (χ1v) is 8.05. The maximum Gasteiger partial charge on any atom is 0.251 e. The van der Waals surface area contributed by atoms with Crippen molar-refractivity contribution >= 4 is 5.91 Å². The largest absolute Gasteiger partial charge is 0.497 e. The third-order valence-electron chi connectivity index (χ3n) is 4.04. The van der Waals surface area contributed by atoms with Crippen LogP contribution in [0.15, 0.2) is 42.5 Å². The van der Waals surface area contributed by atoms with Crippen LogP contribution < -0.4 is 19.5 Å². The molecule has 2 aromatic carbocycles. The van der Waals surface area contributed by atoms with Crippen LogP contribution in [0.1, 0.15) is 35.3 Å². The summed E-state index contributed by atoms with van der Waals surface area (Å²) in [5.41, 5.74) is 1.61. The molecule has 0 spiro atoms. The lowest BCUT2D eigenvalue weighted by Crippen LogP contribution is -2.28. The molecule has 1 aliphatic heterocycles. The van der Waals surface area contributed by atoms with Gasteiger partial charge in [-0.2, -0.15) is 0 Å². The Morgan fingerprint density at radius 3 is 2.50 bits per heavy atom. The number of rotatable bonds is 5. The molecule has 0 unspecified atom stereocenters. The fourth-order valence-electron chi connectivity index (χ4n) is 2.68. The van der Waals surface area contributed by atoms with Gasteiger partial charge in [-0.1, -0.05) is 19.1 Å². The molecule has 1 aliphatic rings. The SMILES string of the molecule is CC[C@@H](NC(=O)c1ccc2c(c1)OCCO2)c1ccc(OC)cc1. The first-order chi connectivity index (χ1) is 11.7. The molecule has 0 bridgehead atoms. The van der Waals surface area contributed by atoms with E-state index >= 15 is 0 Å². The maximum atomic E-state index is 12.6. The molecule has 1 N–H and O–H groups in total. The lowest BCUT2D eigenvalue weighted by molar-refractivity contribution is 0.0934. The molecule has 126 valence electrons. The van der Waals surface area contributed by atoms with Crippen LogP contribution in [0.2, 0.25) is 0 Å². The van der Waals surface area contributed by atoms with E-state index in [-0.39, 0.29) is 11.9 Å². The van der Waals surface area contributed by atoms with Crippen molar-refractivity contribution < 1.29 is 19.0 Å². The van der Waals surface area contributed by atoms with Crippen molar-refractivity contribution in [2.24, 2.45) is 0 Å². The Morgan fingerprint density at radius 2 is 1.83 bits per heavy atom. The molecule has 3 rings (SSSR count). The van der Waals surface area contributed by atoms with Gasteiger partial charge in [-0.05, 0) is 42.3 Å². The molecular weight excluding hydrogens is 306 g/mol. The van der Waals surface area contributed by atoms with Crippen LogP contribution in [-0.2, 0) is 0 Å². The monoisotopic (exact) mass is 327 g/mol. The van der Waals surface area contributed by atoms with E-state index in [0.717, 1.165) is 17.7 Å². The lowest BCUT2D eigenvalue weighted by atomic mass is 10.0. The van der Waals surface area contributed by atoms with E-state index < -0.39 is 0 Å². The molecular formula is C19H21NO4. The second kappa shape index (κ2) is 7.25. The summed E-state index contributed by atoms with van der Waals surface area (Å²) >= 11 is 0. The quantitative estimate of drug-likeness (QED) is 0.915. The van der Waals surface area contributed by atoms with Gasteiger partial charge in [0.25, 0.3) is 5.91 Å². The molecule has 1 heterocycles. The van der Waals surface area contributed by atoms with E-state index in [1.54, 1.807) is 25.3 Å². The summed E-state index contributed by atoms with van der Waals surface area (Å²) in [6.45, 7) is 3.08. The van der Waals surface area contributed by atoms with Crippen LogP contribution in [0, 0.1) is 0 Å². The van der Waals surface area contributed by atoms with E-state index in [2.05, 4.69) is 5.32 Å². The third-order valence-corrected chi connectivity index (χ3v) is 4.04. The Kier molecular flexibility index (Phi) is 4.89. The molecule has 5 heteroatoms. The molecule has 24 heavy (non-hydrogen) atoms. The highest BCUT2D eigenvalue weighted by Gasteiger charge is 2.18. The Morgan fingerprint density at radius 1 is 1.12 bits per heavy atom. The van der Waals surface area contributed by atoms with Crippen LogP contribution in [0.25, 0.3) is 0 Å². The van der Waals surface area contributed by atoms with Crippen molar-refractivity contribution in [2.75, 3.05) is 20.3 Å². The molecule has 0 fully saturated rings. The first-order valence-electron chi connectivity index (χ1n) is 8.05. The standard InChI is InChI=1S/C19H21NO4/c1-3-16(13-4-7-15(22-2)8-5-13)20-19(21)14-6-9-17-18(12-14)24-11-10-23-17/h4-9,12,16H,3,10-11H2,1-2H3,(H,20,21)/t16-/m1/s1. The maximum absolute atomic E-state index is 12.6. The van der Waals surface area contributed by atoms with Crippen molar-refractivity contribution in [1.29, 1.82) is 0 Å². The van der Waals surface area contributed by atoms with E-state index in [1.807, 2.05) is 31.2 Å². The smallest absolute Gasteiger partial charge is 0.251 e. The summed E-state index contributed by atoms with van der Waals surface area (Å²) < 4.78 is 16.2. The normalized spacial score (nSPS) is 13.9. The molecule has 0 aromatic heterocycles. The Labute approximate surface area is 141 Å². The van der Waals surface area contributed by atoms with Crippen molar-refractivity contribution in [1.82, 2.24) is 5.32 Å². The van der Waals surface area contributed by atoms with Gasteiger partial charge >= 0.3 is 0 Å². The summed E-state index contributed by atoms with van der Waals surface area (Å²) in [6, 6.07) is 12.9. The molecule has 1 amide bonds. The molecule has 2 aromatic rings. The van der Waals surface area contributed by atoms with E-state index in [1.165, 1.54) is 0 Å².